The Hall–Kier alpha value is -2.54. The minimum Gasteiger partial charge on any atom is -0.463 e. The van der Waals surface area contributed by atoms with Crippen molar-refractivity contribution in [1.29, 1.82) is 0 Å². The van der Waals surface area contributed by atoms with Gasteiger partial charge in [0.1, 0.15) is 5.82 Å². The van der Waals surface area contributed by atoms with Crippen molar-refractivity contribution in [1.82, 2.24) is 4.90 Å². The molecule has 1 fully saturated rings. The Morgan fingerprint density at radius 2 is 2.06 bits per heavy atom. The summed E-state index contributed by atoms with van der Waals surface area (Å²) in [6.07, 6.45) is 5.19. The number of nitrogens with zero attached hydrogens (tertiary/aromatic N) is 1. The molecule has 0 amide bonds. The number of rotatable bonds is 11. The Morgan fingerprint density at radius 1 is 1.26 bits per heavy atom. The van der Waals surface area contributed by atoms with Gasteiger partial charge in [0.05, 0.1) is 25.4 Å². The summed E-state index contributed by atoms with van der Waals surface area (Å²) in [5, 5.41) is 10.7. The van der Waals surface area contributed by atoms with Crippen LogP contribution in [0.2, 0.25) is 0 Å². The lowest BCUT2D eigenvalue weighted by Gasteiger charge is -2.27. The highest BCUT2D eigenvalue weighted by Crippen LogP contribution is 2.25. The maximum absolute atomic E-state index is 14.0. The van der Waals surface area contributed by atoms with Crippen molar-refractivity contribution in [3.05, 3.63) is 76.1 Å². The van der Waals surface area contributed by atoms with Crippen LogP contribution in [0.5, 0.6) is 0 Å². The lowest BCUT2D eigenvalue weighted by molar-refractivity contribution is -0.137. The summed E-state index contributed by atoms with van der Waals surface area (Å²) in [6, 6.07) is 11.7. The zero-order chi connectivity index (χ0) is 25.4. The molecule has 190 valence electrons. The summed E-state index contributed by atoms with van der Waals surface area (Å²) >= 11 is 0. The van der Waals surface area contributed by atoms with Crippen LogP contribution in [0.4, 0.5) is 4.39 Å². The van der Waals surface area contributed by atoms with E-state index in [1.165, 1.54) is 6.08 Å². The molecule has 0 radical (unpaired) electrons. The van der Waals surface area contributed by atoms with Gasteiger partial charge < -0.3 is 14.6 Å². The molecule has 6 heteroatoms. The predicted octanol–water partition coefficient (Wildman–Crippen LogP) is 5.16. The van der Waals surface area contributed by atoms with E-state index in [0.717, 1.165) is 48.1 Å². The third-order valence-corrected chi connectivity index (χ3v) is 6.56. The molecule has 35 heavy (non-hydrogen) atoms. The summed E-state index contributed by atoms with van der Waals surface area (Å²) in [5.74, 6) is -0.542. The third-order valence-electron chi connectivity index (χ3n) is 6.56. The van der Waals surface area contributed by atoms with E-state index < -0.39 is 6.10 Å². The first-order chi connectivity index (χ1) is 16.8. The van der Waals surface area contributed by atoms with E-state index in [1.807, 2.05) is 44.2 Å². The third kappa shape index (κ3) is 7.99. The van der Waals surface area contributed by atoms with Gasteiger partial charge in [-0.2, -0.15) is 0 Å². The molecular formula is C29H38FNO4. The first-order valence-corrected chi connectivity index (χ1v) is 12.5. The Morgan fingerprint density at radius 3 is 2.80 bits per heavy atom. The monoisotopic (exact) mass is 483 g/mol. The van der Waals surface area contributed by atoms with Crippen molar-refractivity contribution in [3.63, 3.8) is 0 Å². The fourth-order valence-electron chi connectivity index (χ4n) is 4.63. The van der Waals surface area contributed by atoms with Crippen LogP contribution in [-0.4, -0.2) is 54.4 Å². The number of β-amino-alcohol motifs (C(OH)–C–C–N with tert-alkyl or cyclic N) is 1. The first kappa shape index (κ1) is 27.1. The number of aliphatic hydroxyl groups is 1. The molecule has 0 aromatic heterocycles. The van der Waals surface area contributed by atoms with E-state index in [-0.39, 0.29) is 24.5 Å². The van der Waals surface area contributed by atoms with Crippen molar-refractivity contribution in [2.24, 2.45) is 0 Å². The molecule has 1 aliphatic heterocycles. The molecule has 5 nitrogen and oxygen atoms in total. The lowest BCUT2D eigenvalue weighted by atomic mass is 10.00. The highest BCUT2D eigenvalue weighted by molar-refractivity contribution is 5.87. The Kier molecular flexibility index (Phi) is 10.0. The van der Waals surface area contributed by atoms with Crippen molar-refractivity contribution in [2.45, 2.75) is 65.2 Å². The topological polar surface area (TPSA) is 59.0 Å². The average molecular weight is 484 g/mol. The molecule has 0 unspecified atom stereocenters. The number of ether oxygens (including phenoxy) is 2. The van der Waals surface area contributed by atoms with Gasteiger partial charge in [0.2, 0.25) is 0 Å². The van der Waals surface area contributed by atoms with E-state index >= 15 is 0 Å². The molecule has 1 aliphatic rings. The second-order valence-electron chi connectivity index (χ2n) is 9.43. The minimum absolute atomic E-state index is 0.165. The maximum atomic E-state index is 14.0. The van der Waals surface area contributed by atoms with Gasteiger partial charge in [-0.15, -0.1) is 0 Å². The number of likely N-dealkylation sites (tertiary alicyclic amines) is 1. The van der Waals surface area contributed by atoms with Gasteiger partial charge in [0, 0.05) is 18.7 Å². The fraction of sp³-hybridized carbons (Fsp3) is 0.483. The molecule has 0 aliphatic carbocycles. The largest absolute Gasteiger partial charge is 0.463 e. The van der Waals surface area contributed by atoms with Crippen LogP contribution in [0.15, 0.2) is 42.5 Å². The van der Waals surface area contributed by atoms with Crippen LogP contribution in [0.25, 0.3) is 6.08 Å². The maximum Gasteiger partial charge on any atom is 0.330 e. The van der Waals surface area contributed by atoms with E-state index in [1.54, 1.807) is 26.0 Å². The van der Waals surface area contributed by atoms with Crippen LogP contribution in [0.1, 0.15) is 60.6 Å². The second-order valence-corrected chi connectivity index (χ2v) is 9.43. The molecule has 0 saturated carbocycles. The van der Waals surface area contributed by atoms with E-state index in [4.69, 9.17) is 9.47 Å². The van der Waals surface area contributed by atoms with Gasteiger partial charge in [-0.05, 0) is 87.9 Å². The van der Waals surface area contributed by atoms with Gasteiger partial charge in [0.15, 0.2) is 0 Å². The number of esters is 1. The molecule has 1 heterocycles. The van der Waals surface area contributed by atoms with Crippen LogP contribution in [0.3, 0.4) is 0 Å². The summed E-state index contributed by atoms with van der Waals surface area (Å²) < 4.78 is 25.0. The van der Waals surface area contributed by atoms with Crippen molar-refractivity contribution in [3.8, 4) is 0 Å². The number of carbonyl (C=O) groups excluding carboxylic acids is 1. The van der Waals surface area contributed by atoms with E-state index in [9.17, 15) is 14.3 Å². The van der Waals surface area contributed by atoms with Crippen LogP contribution < -0.4 is 0 Å². The van der Waals surface area contributed by atoms with E-state index in [2.05, 4.69) is 4.90 Å². The Balaban J connectivity index is 1.55. The van der Waals surface area contributed by atoms with Crippen molar-refractivity contribution in [2.75, 3.05) is 26.3 Å². The lowest BCUT2D eigenvalue weighted by Crippen LogP contribution is -2.39. The number of halogens is 1. The molecule has 1 saturated heterocycles. The van der Waals surface area contributed by atoms with Gasteiger partial charge >= 0.3 is 5.97 Å². The summed E-state index contributed by atoms with van der Waals surface area (Å²) in [6.45, 7) is 9.48. The summed E-state index contributed by atoms with van der Waals surface area (Å²) in [4.78, 5) is 14.0. The van der Waals surface area contributed by atoms with Gasteiger partial charge in [-0.25, -0.2) is 9.18 Å². The molecular weight excluding hydrogens is 445 g/mol. The molecule has 1 N–H and O–H groups in total. The number of carbonyl (C=O) groups is 1. The highest BCUT2D eigenvalue weighted by Gasteiger charge is 2.27. The average Bonchev–Trinajstić information content (AvgIpc) is 3.25. The Bertz CT molecular complexity index is 1020. The summed E-state index contributed by atoms with van der Waals surface area (Å²) in [7, 11) is 0. The van der Waals surface area contributed by atoms with Crippen LogP contribution in [0, 0.1) is 19.7 Å². The number of hydrogen-bond acceptors (Lipinski definition) is 5. The van der Waals surface area contributed by atoms with E-state index in [0.29, 0.717) is 24.8 Å². The molecule has 3 rings (SSSR count). The van der Waals surface area contributed by atoms with Gasteiger partial charge in [-0.3, -0.25) is 4.90 Å². The molecule has 0 spiro atoms. The zero-order valence-corrected chi connectivity index (χ0v) is 21.3. The molecule has 2 aromatic carbocycles. The predicted molar refractivity (Wildman–Crippen MR) is 137 cm³/mol. The summed E-state index contributed by atoms with van der Waals surface area (Å²) in [5.41, 5.74) is 4.57. The van der Waals surface area contributed by atoms with Crippen LogP contribution >= 0.6 is 0 Å². The van der Waals surface area contributed by atoms with Crippen molar-refractivity contribution >= 4 is 12.0 Å². The SMILES string of the molecule is CCOC(=O)/C=C/c1cc(C)ccc1[C@@H](C)OC[C@H](O)CN1CCC[C@H]1Cc1ccc(C)c(F)c1. The van der Waals surface area contributed by atoms with Gasteiger partial charge in [-0.1, -0.05) is 35.9 Å². The quantitative estimate of drug-likeness (QED) is 0.353. The second kappa shape index (κ2) is 13.0. The Labute approximate surface area is 208 Å². The van der Waals surface area contributed by atoms with Crippen LogP contribution in [-0.2, 0) is 20.7 Å². The fourth-order valence-corrected chi connectivity index (χ4v) is 4.63. The molecule has 0 bridgehead atoms. The highest BCUT2D eigenvalue weighted by atomic mass is 19.1. The number of hydrogen-bond donors (Lipinski definition) is 1. The first-order valence-electron chi connectivity index (χ1n) is 12.5. The molecule has 3 atom stereocenters. The zero-order valence-electron chi connectivity index (χ0n) is 21.3. The minimum atomic E-state index is -0.628. The number of benzene rings is 2. The number of aryl methyl sites for hydroxylation is 2. The normalized spacial score (nSPS) is 18.2. The smallest absolute Gasteiger partial charge is 0.330 e. The van der Waals surface area contributed by atoms with Gasteiger partial charge in [0.25, 0.3) is 0 Å². The number of aliphatic hydroxyl groups excluding tert-OH is 1. The molecule has 2 aromatic rings. The van der Waals surface area contributed by atoms with Crippen molar-refractivity contribution < 1.29 is 23.8 Å². The standard InChI is InChI=1S/C29H38FNO4/c1-5-34-29(33)13-11-24-15-20(2)8-12-27(24)22(4)35-19-26(32)18-31-14-6-7-25(31)16-23-10-9-21(3)28(30)17-23/h8-13,15,17,22,25-26,32H,5-7,14,16,18-19H2,1-4H3/b13-11+/t22-,25+,26-/m1/s1.